The summed E-state index contributed by atoms with van der Waals surface area (Å²) in [6.07, 6.45) is 4.60. The van der Waals surface area contributed by atoms with Crippen molar-refractivity contribution in [1.82, 2.24) is 15.1 Å². The van der Waals surface area contributed by atoms with E-state index < -0.39 is 12.1 Å². The average Bonchev–Trinajstić information content (AvgIpc) is 2.85. The second-order valence-corrected chi connectivity index (χ2v) is 9.69. The van der Waals surface area contributed by atoms with Crippen LogP contribution in [0.3, 0.4) is 0 Å². The summed E-state index contributed by atoms with van der Waals surface area (Å²) in [6.45, 7) is 3.85. The van der Waals surface area contributed by atoms with Crippen LogP contribution in [-0.4, -0.2) is 55.0 Å². The van der Waals surface area contributed by atoms with Gasteiger partial charge in [0.1, 0.15) is 6.04 Å². The van der Waals surface area contributed by atoms with Gasteiger partial charge in [-0.05, 0) is 87.5 Å². The van der Waals surface area contributed by atoms with Crippen LogP contribution in [0, 0.1) is 11.8 Å². The highest BCUT2D eigenvalue weighted by Crippen LogP contribution is 2.33. The lowest BCUT2D eigenvalue weighted by molar-refractivity contribution is -0.135. The third-order valence-electron chi connectivity index (χ3n) is 7.04. The van der Waals surface area contributed by atoms with E-state index in [4.69, 9.17) is 11.6 Å². The number of carbonyl (C=O) groups excluding carboxylic acids is 2. The van der Waals surface area contributed by atoms with Crippen molar-refractivity contribution in [2.45, 2.75) is 31.7 Å². The van der Waals surface area contributed by atoms with Crippen LogP contribution in [-0.2, 0) is 4.79 Å². The summed E-state index contributed by atoms with van der Waals surface area (Å²) in [6, 6.07) is 15.2. The summed E-state index contributed by atoms with van der Waals surface area (Å²) < 4.78 is 0. The molecule has 2 fully saturated rings. The second kappa shape index (κ2) is 11.0. The van der Waals surface area contributed by atoms with Crippen LogP contribution in [0.5, 0.6) is 0 Å². The number of amides is 3. The molecule has 6 nitrogen and oxygen atoms in total. The minimum Gasteiger partial charge on any atom is -0.341 e. The summed E-state index contributed by atoms with van der Waals surface area (Å²) in [5.41, 5.74) is 1.40. The van der Waals surface area contributed by atoms with Gasteiger partial charge in [0.2, 0.25) is 5.91 Å². The Balaban J connectivity index is 1.39. The Bertz CT molecular complexity index is 921. The average molecular weight is 469 g/mol. The summed E-state index contributed by atoms with van der Waals surface area (Å²) >= 11 is 5.93. The van der Waals surface area contributed by atoms with Gasteiger partial charge >= 0.3 is 6.03 Å². The van der Waals surface area contributed by atoms with Gasteiger partial charge in [0, 0.05) is 23.8 Å². The Kier molecular flexibility index (Phi) is 7.89. The summed E-state index contributed by atoms with van der Waals surface area (Å²) in [5.74, 6) is 1.42. The van der Waals surface area contributed by atoms with Crippen molar-refractivity contribution in [3.63, 3.8) is 0 Å². The van der Waals surface area contributed by atoms with E-state index in [1.165, 1.54) is 25.9 Å². The van der Waals surface area contributed by atoms with Crippen molar-refractivity contribution in [1.29, 1.82) is 0 Å². The predicted molar refractivity (Wildman–Crippen MR) is 132 cm³/mol. The lowest BCUT2D eigenvalue weighted by atomic mass is 9.79. The molecule has 0 bridgehead atoms. The summed E-state index contributed by atoms with van der Waals surface area (Å²) in [5, 5.41) is 6.29. The molecule has 0 saturated carbocycles. The van der Waals surface area contributed by atoms with Crippen LogP contribution in [0.2, 0.25) is 5.02 Å². The first kappa shape index (κ1) is 23.6. The number of anilines is 1. The molecule has 3 amide bonds. The van der Waals surface area contributed by atoms with Gasteiger partial charge < -0.3 is 20.4 Å². The number of piperidine rings is 2. The quantitative estimate of drug-likeness (QED) is 0.663. The van der Waals surface area contributed by atoms with Crippen molar-refractivity contribution in [2.75, 3.05) is 38.5 Å². The normalized spacial score (nSPS) is 19.2. The SMILES string of the molecule is CN1CCC(C2CCN(C(=O)[C@H](NC(=O)Nc3ccc(Cl)cc3)c3ccccc3)CC2)CC1. The van der Waals surface area contributed by atoms with Gasteiger partial charge in [-0.2, -0.15) is 0 Å². The zero-order valence-electron chi connectivity index (χ0n) is 19.2. The Labute approximate surface area is 201 Å². The Hall–Kier alpha value is -2.57. The highest BCUT2D eigenvalue weighted by atomic mass is 35.5. The van der Waals surface area contributed by atoms with Crippen LogP contribution in [0.4, 0.5) is 10.5 Å². The van der Waals surface area contributed by atoms with E-state index in [-0.39, 0.29) is 5.91 Å². The van der Waals surface area contributed by atoms with Crippen LogP contribution in [0.25, 0.3) is 0 Å². The minimum absolute atomic E-state index is 0.0470. The van der Waals surface area contributed by atoms with Crippen LogP contribution < -0.4 is 10.6 Å². The molecule has 0 spiro atoms. The molecule has 0 aliphatic carbocycles. The first-order valence-corrected chi connectivity index (χ1v) is 12.2. The number of nitrogens with zero attached hydrogens (tertiary/aromatic N) is 2. The van der Waals surface area contributed by atoms with Gasteiger partial charge in [-0.25, -0.2) is 4.79 Å². The number of rotatable bonds is 5. The number of likely N-dealkylation sites (tertiary alicyclic amines) is 2. The minimum atomic E-state index is -0.724. The molecule has 2 heterocycles. The zero-order chi connectivity index (χ0) is 23.2. The molecule has 0 aromatic heterocycles. The Morgan fingerprint density at radius 1 is 0.879 bits per heavy atom. The van der Waals surface area contributed by atoms with Crippen molar-refractivity contribution < 1.29 is 9.59 Å². The molecule has 2 aromatic carbocycles. The van der Waals surface area contributed by atoms with E-state index in [9.17, 15) is 9.59 Å². The molecule has 2 aliphatic heterocycles. The first-order valence-electron chi connectivity index (χ1n) is 11.8. The van der Waals surface area contributed by atoms with Gasteiger partial charge in [-0.15, -0.1) is 0 Å². The maximum Gasteiger partial charge on any atom is 0.320 e. The molecule has 2 saturated heterocycles. The third-order valence-corrected chi connectivity index (χ3v) is 7.29. The van der Waals surface area contributed by atoms with Gasteiger partial charge in [-0.3, -0.25) is 4.79 Å². The molecule has 2 aliphatic rings. The molecule has 2 N–H and O–H groups in total. The lowest BCUT2D eigenvalue weighted by Gasteiger charge is -2.40. The molecule has 1 atom stereocenters. The van der Waals surface area contributed by atoms with E-state index in [0.29, 0.717) is 16.6 Å². The topological polar surface area (TPSA) is 64.7 Å². The van der Waals surface area contributed by atoms with E-state index in [1.807, 2.05) is 35.2 Å². The number of halogens is 1. The van der Waals surface area contributed by atoms with Crippen molar-refractivity contribution in [3.8, 4) is 0 Å². The number of carbonyl (C=O) groups is 2. The maximum atomic E-state index is 13.5. The fourth-order valence-electron chi connectivity index (χ4n) is 5.04. The number of benzene rings is 2. The molecular formula is C26H33ClN4O2. The molecule has 33 heavy (non-hydrogen) atoms. The third kappa shape index (κ3) is 6.27. The fraction of sp³-hybridized carbons (Fsp3) is 0.462. The smallest absolute Gasteiger partial charge is 0.320 e. The lowest BCUT2D eigenvalue weighted by Crippen LogP contribution is -2.48. The number of hydrogen-bond acceptors (Lipinski definition) is 3. The standard InChI is InChI=1S/C26H33ClN4O2/c1-30-15-11-19(12-16-30)20-13-17-31(18-14-20)25(32)24(21-5-3-2-4-6-21)29-26(33)28-23-9-7-22(27)8-10-23/h2-10,19-20,24H,11-18H2,1H3,(H2,28,29,33)/t24-/m1/s1. The molecule has 0 unspecified atom stereocenters. The number of hydrogen-bond donors (Lipinski definition) is 2. The number of urea groups is 1. The zero-order valence-corrected chi connectivity index (χ0v) is 19.9. The molecule has 176 valence electrons. The predicted octanol–water partition coefficient (Wildman–Crippen LogP) is 4.78. The molecule has 2 aromatic rings. The highest BCUT2D eigenvalue weighted by molar-refractivity contribution is 6.30. The highest BCUT2D eigenvalue weighted by Gasteiger charge is 2.33. The monoisotopic (exact) mass is 468 g/mol. The van der Waals surface area contributed by atoms with Gasteiger partial charge in [0.25, 0.3) is 0 Å². The second-order valence-electron chi connectivity index (χ2n) is 9.25. The van der Waals surface area contributed by atoms with Crippen LogP contribution >= 0.6 is 11.6 Å². The van der Waals surface area contributed by atoms with Crippen molar-refractivity contribution in [2.24, 2.45) is 11.8 Å². The first-order chi connectivity index (χ1) is 16.0. The molecular weight excluding hydrogens is 436 g/mol. The largest absolute Gasteiger partial charge is 0.341 e. The fourth-order valence-corrected chi connectivity index (χ4v) is 5.16. The summed E-state index contributed by atoms with van der Waals surface area (Å²) in [7, 11) is 2.19. The van der Waals surface area contributed by atoms with Gasteiger partial charge in [0.05, 0.1) is 0 Å². The maximum absolute atomic E-state index is 13.5. The molecule has 7 heteroatoms. The van der Waals surface area contributed by atoms with E-state index >= 15 is 0 Å². The molecule has 0 radical (unpaired) electrons. The van der Waals surface area contributed by atoms with Crippen LogP contribution in [0.1, 0.15) is 37.3 Å². The van der Waals surface area contributed by atoms with E-state index in [1.54, 1.807) is 24.3 Å². The van der Waals surface area contributed by atoms with E-state index in [0.717, 1.165) is 37.4 Å². The Morgan fingerprint density at radius 3 is 2.06 bits per heavy atom. The van der Waals surface area contributed by atoms with E-state index in [2.05, 4.69) is 22.6 Å². The number of nitrogens with one attached hydrogen (secondary N) is 2. The summed E-state index contributed by atoms with van der Waals surface area (Å²) in [4.78, 5) is 30.6. The van der Waals surface area contributed by atoms with Gasteiger partial charge in [0.15, 0.2) is 0 Å². The van der Waals surface area contributed by atoms with Crippen molar-refractivity contribution in [3.05, 3.63) is 65.2 Å². The van der Waals surface area contributed by atoms with Crippen molar-refractivity contribution >= 4 is 29.2 Å². The van der Waals surface area contributed by atoms with Crippen LogP contribution in [0.15, 0.2) is 54.6 Å². The van der Waals surface area contributed by atoms with Gasteiger partial charge in [-0.1, -0.05) is 41.9 Å². The molecule has 4 rings (SSSR count). The Morgan fingerprint density at radius 2 is 1.45 bits per heavy atom.